The summed E-state index contributed by atoms with van der Waals surface area (Å²) in [4.78, 5) is 24.3. The van der Waals surface area contributed by atoms with Gasteiger partial charge in [-0.05, 0) is 33.6 Å². The summed E-state index contributed by atoms with van der Waals surface area (Å²) < 4.78 is 0. The molecule has 0 aromatic rings. The van der Waals surface area contributed by atoms with E-state index in [1.165, 1.54) is 11.3 Å². The first-order valence-electron chi connectivity index (χ1n) is 6.65. The lowest BCUT2D eigenvalue weighted by atomic mass is 9.83. The largest absolute Gasteiger partial charge is 0.480 e. The summed E-state index contributed by atoms with van der Waals surface area (Å²) in [6, 6.07) is -0.384. The van der Waals surface area contributed by atoms with Crippen LogP contribution in [0.5, 0.6) is 0 Å². The molecule has 2 N–H and O–H groups in total. The predicted molar refractivity (Wildman–Crippen MR) is 69.5 cm³/mol. The summed E-state index contributed by atoms with van der Waals surface area (Å²) in [5.41, 5.74) is -0.180. The molecule has 1 rings (SSSR count). The van der Waals surface area contributed by atoms with Crippen LogP contribution in [0, 0.1) is 0 Å². The number of hydrogen-bond donors (Lipinski definition) is 2. The van der Waals surface area contributed by atoms with Gasteiger partial charge in [-0.3, -0.25) is 4.79 Å². The normalized spacial score (nSPS) is 18.4. The third-order valence-corrected chi connectivity index (χ3v) is 3.56. The summed E-state index contributed by atoms with van der Waals surface area (Å²) in [5, 5.41) is 11.8. The third-order valence-electron chi connectivity index (χ3n) is 3.56. The van der Waals surface area contributed by atoms with Crippen molar-refractivity contribution in [3.8, 4) is 0 Å². The number of urea groups is 1. The van der Waals surface area contributed by atoms with E-state index in [-0.39, 0.29) is 24.2 Å². The SMILES string of the molecule is CC(C)N(CC(=O)O)C(=O)NC1(C)CCCCC1. The van der Waals surface area contributed by atoms with Gasteiger partial charge in [0.15, 0.2) is 0 Å². The minimum absolute atomic E-state index is 0.117. The maximum atomic E-state index is 12.1. The van der Waals surface area contributed by atoms with E-state index in [2.05, 4.69) is 5.32 Å². The molecule has 5 heteroatoms. The summed E-state index contributed by atoms with van der Waals surface area (Å²) in [6.45, 7) is 5.44. The van der Waals surface area contributed by atoms with E-state index in [9.17, 15) is 9.59 Å². The second-order valence-electron chi connectivity index (χ2n) is 5.67. The summed E-state index contributed by atoms with van der Waals surface area (Å²) in [5.74, 6) is -0.979. The molecular weight excluding hydrogens is 232 g/mol. The quantitative estimate of drug-likeness (QED) is 0.810. The number of nitrogens with zero attached hydrogens (tertiary/aromatic N) is 1. The van der Waals surface area contributed by atoms with E-state index in [4.69, 9.17) is 5.11 Å². The molecule has 0 atom stereocenters. The number of carboxylic acid groups (broad SMARTS) is 1. The first-order valence-corrected chi connectivity index (χ1v) is 6.65. The fourth-order valence-electron chi connectivity index (χ4n) is 2.42. The van der Waals surface area contributed by atoms with Crippen molar-refractivity contribution in [2.75, 3.05) is 6.54 Å². The smallest absolute Gasteiger partial charge is 0.323 e. The van der Waals surface area contributed by atoms with Crippen LogP contribution in [-0.4, -0.2) is 40.1 Å². The standard InChI is InChI=1S/C13H24N2O3/c1-10(2)15(9-11(16)17)12(18)14-13(3)7-5-4-6-8-13/h10H,4-9H2,1-3H3,(H,14,18)(H,16,17). The van der Waals surface area contributed by atoms with Gasteiger partial charge in [-0.1, -0.05) is 19.3 Å². The van der Waals surface area contributed by atoms with E-state index >= 15 is 0 Å². The molecule has 0 aliphatic heterocycles. The van der Waals surface area contributed by atoms with Crippen molar-refractivity contribution >= 4 is 12.0 Å². The Kier molecular flexibility index (Phi) is 4.99. The average molecular weight is 256 g/mol. The Morgan fingerprint density at radius 2 is 1.83 bits per heavy atom. The zero-order valence-electron chi connectivity index (χ0n) is 11.5. The van der Waals surface area contributed by atoms with Crippen molar-refractivity contribution in [1.82, 2.24) is 10.2 Å². The summed E-state index contributed by atoms with van der Waals surface area (Å²) >= 11 is 0. The average Bonchev–Trinajstić information content (AvgIpc) is 2.25. The minimum atomic E-state index is -0.979. The molecular formula is C13H24N2O3. The lowest BCUT2D eigenvalue weighted by molar-refractivity contribution is -0.138. The molecule has 18 heavy (non-hydrogen) atoms. The second kappa shape index (κ2) is 6.07. The van der Waals surface area contributed by atoms with Gasteiger partial charge >= 0.3 is 12.0 Å². The van der Waals surface area contributed by atoms with Gasteiger partial charge in [0, 0.05) is 11.6 Å². The molecule has 0 radical (unpaired) electrons. The molecule has 104 valence electrons. The Hall–Kier alpha value is -1.26. The molecule has 0 heterocycles. The van der Waals surface area contributed by atoms with Crippen molar-refractivity contribution in [3.05, 3.63) is 0 Å². The number of carbonyl (C=O) groups excluding carboxylic acids is 1. The van der Waals surface area contributed by atoms with Crippen molar-refractivity contribution < 1.29 is 14.7 Å². The zero-order valence-corrected chi connectivity index (χ0v) is 11.5. The third kappa shape index (κ3) is 4.20. The zero-order chi connectivity index (χ0) is 13.8. The topological polar surface area (TPSA) is 69.6 Å². The van der Waals surface area contributed by atoms with E-state index in [1.807, 2.05) is 20.8 Å². The number of aliphatic carboxylic acids is 1. The van der Waals surface area contributed by atoms with Crippen molar-refractivity contribution in [3.63, 3.8) is 0 Å². The number of nitrogens with one attached hydrogen (secondary N) is 1. The maximum Gasteiger partial charge on any atom is 0.323 e. The first kappa shape index (κ1) is 14.8. The Labute approximate surface area is 109 Å². The molecule has 0 unspecified atom stereocenters. The van der Waals surface area contributed by atoms with Crippen LogP contribution >= 0.6 is 0 Å². The van der Waals surface area contributed by atoms with Gasteiger partial charge < -0.3 is 15.3 Å². The van der Waals surface area contributed by atoms with Crippen LogP contribution in [-0.2, 0) is 4.79 Å². The molecule has 1 aliphatic carbocycles. The van der Waals surface area contributed by atoms with Crippen LogP contribution in [0.3, 0.4) is 0 Å². The highest BCUT2D eigenvalue weighted by Crippen LogP contribution is 2.27. The number of rotatable bonds is 4. The molecule has 1 saturated carbocycles. The van der Waals surface area contributed by atoms with Crippen molar-refractivity contribution in [2.24, 2.45) is 0 Å². The lowest BCUT2D eigenvalue weighted by Gasteiger charge is -2.37. The number of hydrogen-bond acceptors (Lipinski definition) is 2. The highest BCUT2D eigenvalue weighted by Gasteiger charge is 2.31. The number of carbonyl (C=O) groups is 2. The molecule has 0 aromatic heterocycles. The van der Waals surface area contributed by atoms with Gasteiger partial charge in [-0.2, -0.15) is 0 Å². The van der Waals surface area contributed by atoms with Crippen LogP contribution in [0.25, 0.3) is 0 Å². The fourth-order valence-corrected chi connectivity index (χ4v) is 2.42. The summed E-state index contributed by atoms with van der Waals surface area (Å²) in [7, 11) is 0. The van der Waals surface area contributed by atoms with Crippen LogP contribution in [0.1, 0.15) is 52.9 Å². The summed E-state index contributed by atoms with van der Waals surface area (Å²) in [6.07, 6.45) is 5.40. The van der Waals surface area contributed by atoms with Gasteiger partial charge in [-0.15, -0.1) is 0 Å². The van der Waals surface area contributed by atoms with E-state index < -0.39 is 5.97 Å². The Balaban J connectivity index is 2.62. The van der Waals surface area contributed by atoms with Gasteiger partial charge in [0.1, 0.15) is 6.54 Å². The lowest BCUT2D eigenvalue weighted by Crippen LogP contribution is -2.55. The van der Waals surface area contributed by atoms with Crippen LogP contribution in [0.15, 0.2) is 0 Å². The Morgan fingerprint density at radius 3 is 2.28 bits per heavy atom. The minimum Gasteiger partial charge on any atom is -0.480 e. The highest BCUT2D eigenvalue weighted by molar-refractivity contribution is 5.80. The molecule has 1 aliphatic rings. The number of amides is 2. The van der Waals surface area contributed by atoms with Crippen LogP contribution < -0.4 is 5.32 Å². The Morgan fingerprint density at radius 1 is 1.28 bits per heavy atom. The molecule has 0 saturated heterocycles. The molecule has 0 spiro atoms. The molecule has 1 fully saturated rings. The van der Waals surface area contributed by atoms with Gasteiger partial charge in [-0.25, -0.2) is 4.79 Å². The van der Waals surface area contributed by atoms with E-state index in [0.717, 1.165) is 25.7 Å². The predicted octanol–water partition coefficient (Wildman–Crippen LogP) is 2.21. The molecule has 5 nitrogen and oxygen atoms in total. The number of carboxylic acids is 1. The van der Waals surface area contributed by atoms with Crippen LogP contribution in [0.4, 0.5) is 4.79 Å². The highest BCUT2D eigenvalue weighted by atomic mass is 16.4. The Bertz CT molecular complexity index is 309. The molecule has 2 amide bonds. The van der Waals surface area contributed by atoms with Gasteiger partial charge in [0.05, 0.1) is 0 Å². The van der Waals surface area contributed by atoms with E-state index in [0.29, 0.717) is 0 Å². The molecule has 0 bridgehead atoms. The van der Waals surface area contributed by atoms with Crippen LogP contribution in [0.2, 0.25) is 0 Å². The molecule has 0 aromatic carbocycles. The van der Waals surface area contributed by atoms with E-state index in [1.54, 1.807) is 0 Å². The fraction of sp³-hybridized carbons (Fsp3) is 0.846. The second-order valence-corrected chi connectivity index (χ2v) is 5.67. The maximum absolute atomic E-state index is 12.1. The first-order chi connectivity index (χ1) is 8.34. The van der Waals surface area contributed by atoms with Crippen molar-refractivity contribution in [1.29, 1.82) is 0 Å². The van der Waals surface area contributed by atoms with Gasteiger partial charge in [0.2, 0.25) is 0 Å². The van der Waals surface area contributed by atoms with Crippen molar-refractivity contribution in [2.45, 2.75) is 64.5 Å². The monoisotopic (exact) mass is 256 g/mol. The van der Waals surface area contributed by atoms with Gasteiger partial charge in [0.25, 0.3) is 0 Å².